The van der Waals surface area contributed by atoms with E-state index in [1.54, 1.807) is 4.90 Å². The zero-order valence-corrected chi connectivity index (χ0v) is 14.0. The van der Waals surface area contributed by atoms with E-state index in [4.69, 9.17) is 0 Å². The number of benzene rings is 1. The molecule has 1 saturated carbocycles. The molecule has 0 spiro atoms. The van der Waals surface area contributed by atoms with Crippen LogP contribution in [0.3, 0.4) is 0 Å². The number of hydrogen-bond acceptors (Lipinski definition) is 4. The van der Waals surface area contributed by atoms with Gasteiger partial charge in [-0.2, -0.15) is 15.0 Å². The summed E-state index contributed by atoms with van der Waals surface area (Å²) in [5, 5.41) is 8.68. The van der Waals surface area contributed by atoms with Gasteiger partial charge >= 0.3 is 0 Å². The first kappa shape index (κ1) is 15.9. The molecule has 0 unspecified atom stereocenters. The Kier molecular flexibility index (Phi) is 4.91. The van der Waals surface area contributed by atoms with Gasteiger partial charge in [0.25, 0.3) is 0 Å². The fourth-order valence-electron chi connectivity index (χ4n) is 3.18. The molecule has 124 valence electrons. The van der Waals surface area contributed by atoms with E-state index in [1.165, 1.54) is 30.5 Å². The van der Waals surface area contributed by atoms with Crippen LogP contribution in [0.4, 0.5) is 0 Å². The molecule has 1 aliphatic rings. The van der Waals surface area contributed by atoms with Crippen LogP contribution in [0.5, 0.6) is 0 Å². The summed E-state index contributed by atoms with van der Waals surface area (Å²) in [5.74, 6) is 0.0464. The van der Waals surface area contributed by atoms with Gasteiger partial charge < -0.3 is 9.80 Å². The summed E-state index contributed by atoms with van der Waals surface area (Å²) >= 11 is 0. The minimum atomic E-state index is 0.0464. The van der Waals surface area contributed by atoms with Gasteiger partial charge in [0.15, 0.2) is 0 Å². The molecule has 1 heterocycles. The second-order valence-corrected chi connectivity index (χ2v) is 6.45. The molecule has 0 aliphatic heterocycles. The molecule has 2 aromatic rings. The van der Waals surface area contributed by atoms with Gasteiger partial charge in [0.1, 0.15) is 17.6 Å². The summed E-state index contributed by atoms with van der Waals surface area (Å²) in [7, 11) is 4.02. The van der Waals surface area contributed by atoms with E-state index < -0.39 is 0 Å². The number of rotatable bonds is 6. The standard InChI is InChI=1S/C17H25N5O/c1-20(14-7-3-4-8-14)11-12-21(2)17(23)13-22-18-15-9-5-6-10-16(15)19-22/h5-6,9-10,14H,3-4,7-8,11-13H2,1-2H3. The number of amides is 1. The smallest absolute Gasteiger partial charge is 0.245 e. The Morgan fingerprint density at radius 1 is 1.13 bits per heavy atom. The molecule has 6 nitrogen and oxygen atoms in total. The van der Waals surface area contributed by atoms with Gasteiger partial charge in [-0.3, -0.25) is 4.79 Å². The van der Waals surface area contributed by atoms with Crippen molar-refractivity contribution in [1.29, 1.82) is 0 Å². The van der Waals surface area contributed by atoms with E-state index in [0.717, 1.165) is 24.1 Å². The van der Waals surface area contributed by atoms with Crippen LogP contribution in [0.15, 0.2) is 24.3 Å². The van der Waals surface area contributed by atoms with Crippen LogP contribution in [-0.2, 0) is 11.3 Å². The van der Waals surface area contributed by atoms with Crippen molar-refractivity contribution < 1.29 is 4.79 Å². The van der Waals surface area contributed by atoms with Gasteiger partial charge in [-0.25, -0.2) is 0 Å². The lowest BCUT2D eigenvalue weighted by Gasteiger charge is -2.26. The third kappa shape index (κ3) is 3.88. The normalized spacial score (nSPS) is 15.6. The Balaban J connectivity index is 1.50. The van der Waals surface area contributed by atoms with Crippen molar-refractivity contribution in [2.75, 3.05) is 27.2 Å². The second kappa shape index (κ2) is 7.08. The van der Waals surface area contributed by atoms with Crippen molar-refractivity contribution in [2.24, 2.45) is 0 Å². The zero-order chi connectivity index (χ0) is 16.2. The van der Waals surface area contributed by atoms with E-state index in [0.29, 0.717) is 6.04 Å². The maximum atomic E-state index is 12.3. The molecule has 3 rings (SSSR count). The average Bonchev–Trinajstić information content (AvgIpc) is 3.20. The highest BCUT2D eigenvalue weighted by atomic mass is 16.2. The van der Waals surface area contributed by atoms with E-state index in [-0.39, 0.29) is 12.5 Å². The molecule has 1 fully saturated rings. The fraction of sp³-hybridized carbons (Fsp3) is 0.588. The molecule has 0 radical (unpaired) electrons. The van der Waals surface area contributed by atoms with Gasteiger partial charge in [0, 0.05) is 26.2 Å². The van der Waals surface area contributed by atoms with Crippen molar-refractivity contribution in [3.8, 4) is 0 Å². The third-order valence-electron chi connectivity index (χ3n) is 4.77. The molecule has 1 amide bonds. The van der Waals surface area contributed by atoms with E-state index in [2.05, 4.69) is 22.1 Å². The molecule has 0 atom stereocenters. The monoisotopic (exact) mass is 315 g/mol. The van der Waals surface area contributed by atoms with E-state index in [1.807, 2.05) is 31.3 Å². The average molecular weight is 315 g/mol. The highest BCUT2D eigenvalue weighted by molar-refractivity contribution is 5.77. The molecule has 0 bridgehead atoms. The van der Waals surface area contributed by atoms with Crippen molar-refractivity contribution in [3.05, 3.63) is 24.3 Å². The van der Waals surface area contributed by atoms with Crippen molar-refractivity contribution >= 4 is 16.9 Å². The second-order valence-electron chi connectivity index (χ2n) is 6.45. The summed E-state index contributed by atoms with van der Waals surface area (Å²) in [5.41, 5.74) is 1.65. The summed E-state index contributed by atoms with van der Waals surface area (Å²) in [6, 6.07) is 8.35. The third-order valence-corrected chi connectivity index (χ3v) is 4.77. The largest absolute Gasteiger partial charge is 0.343 e. The first-order chi connectivity index (χ1) is 11.1. The van der Waals surface area contributed by atoms with Crippen LogP contribution in [0, 0.1) is 0 Å². The Morgan fingerprint density at radius 3 is 2.35 bits per heavy atom. The van der Waals surface area contributed by atoms with Crippen molar-refractivity contribution in [3.63, 3.8) is 0 Å². The van der Waals surface area contributed by atoms with Gasteiger partial charge in [-0.1, -0.05) is 25.0 Å². The summed E-state index contributed by atoms with van der Waals surface area (Å²) < 4.78 is 0. The Morgan fingerprint density at radius 2 is 1.74 bits per heavy atom. The van der Waals surface area contributed by atoms with Crippen molar-refractivity contribution in [1.82, 2.24) is 24.8 Å². The molecule has 23 heavy (non-hydrogen) atoms. The van der Waals surface area contributed by atoms with Crippen molar-refractivity contribution in [2.45, 2.75) is 38.3 Å². The number of carbonyl (C=O) groups is 1. The predicted molar refractivity (Wildman–Crippen MR) is 90.1 cm³/mol. The first-order valence-corrected chi connectivity index (χ1v) is 8.37. The number of likely N-dealkylation sites (N-methyl/N-ethyl adjacent to an activating group) is 2. The Hall–Kier alpha value is -1.95. The number of carbonyl (C=O) groups excluding carboxylic acids is 1. The van der Waals surface area contributed by atoms with Crippen LogP contribution < -0.4 is 0 Å². The highest BCUT2D eigenvalue weighted by Gasteiger charge is 2.20. The molecule has 1 aromatic carbocycles. The predicted octanol–water partition coefficient (Wildman–Crippen LogP) is 1.76. The molecule has 0 N–H and O–H groups in total. The van der Waals surface area contributed by atoms with E-state index in [9.17, 15) is 4.79 Å². The van der Waals surface area contributed by atoms with Gasteiger partial charge in [0.2, 0.25) is 5.91 Å². The SMILES string of the molecule is CN(CCN(C)C1CCCC1)C(=O)Cn1nc2ccccc2n1. The van der Waals surface area contributed by atoms with Crippen LogP contribution in [-0.4, -0.2) is 63.9 Å². The number of aromatic nitrogens is 3. The lowest BCUT2D eigenvalue weighted by Crippen LogP contribution is -2.39. The molecule has 0 saturated heterocycles. The molecular weight excluding hydrogens is 290 g/mol. The first-order valence-electron chi connectivity index (χ1n) is 8.37. The summed E-state index contributed by atoms with van der Waals surface area (Å²) in [6.07, 6.45) is 5.25. The molecule has 1 aliphatic carbocycles. The topological polar surface area (TPSA) is 54.3 Å². The number of hydrogen-bond donors (Lipinski definition) is 0. The fourth-order valence-corrected chi connectivity index (χ4v) is 3.18. The Bertz CT molecular complexity index is 629. The molecule has 6 heteroatoms. The van der Waals surface area contributed by atoms with Gasteiger partial charge in [-0.15, -0.1) is 0 Å². The van der Waals surface area contributed by atoms with Crippen LogP contribution in [0.25, 0.3) is 11.0 Å². The maximum absolute atomic E-state index is 12.3. The Labute approximate surface area is 137 Å². The van der Waals surface area contributed by atoms with E-state index >= 15 is 0 Å². The summed E-state index contributed by atoms with van der Waals surface area (Å²) in [4.78, 5) is 18.0. The number of nitrogens with zero attached hydrogens (tertiary/aromatic N) is 5. The highest BCUT2D eigenvalue weighted by Crippen LogP contribution is 2.21. The lowest BCUT2D eigenvalue weighted by molar-refractivity contribution is -0.131. The molecular formula is C17H25N5O. The van der Waals surface area contributed by atoms with Gasteiger partial charge in [-0.05, 0) is 32.0 Å². The number of fused-ring (bicyclic) bond motifs is 1. The maximum Gasteiger partial charge on any atom is 0.245 e. The zero-order valence-electron chi connectivity index (χ0n) is 14.0. The van der Waals surface area contributed by atoms with Crippen LogP contribution >= 0.6 is 0 Å². The minimum Gasteiger partial charge on any atom is -0.343 e. The van der Waals surface area contributed by atoms with Crippen LogP contribution in [0.1, 0.15) is 25.7 Å². The van der Waals surface area contributed by atoms with Gasteiger partial charge in [0.05, 0.1) is 0 Å². The summed E-state index contributed by atoms with van der Waals surface area (Å²) in [6.45, 7) is 1.85. The lowest BCUT2D eigenvalue weighted by atomic mass is 10.2. The van der Waals surface area contributed by atoms with Crippen LogP contribution in [0.2, 0.25) is 0 Å². The quantitative estimate of drug-likeness (QED) is 0.815. The minimum absolute atomic E-state index is 0.0464. The molecule has 1 aromatic heterocycles.